The number of hydrogen-bond donors (Lipinski definition) is 1. The van der Waals surface area contributed by atoms with E-state index in [1.165, 1.54) is 57.6 Å². The smallest absolute Gasteiger partial charge is 0.321 e. The van der Waals surface area contributed by atoms with E-state index in [0.29, 0.717) is 86.7 Å². The Kier molecular flexibility index (Phi) is 16.6. The molecular formula is C55H72N4O6. The van der Waals surface area contributed by atoms with E-state index in [1.54, 1.807) is 6.08 Å². The molecule has 1 fully saturated rings. The average molecular weight is 885 g/mol. The number of Topliss-reactive ketones (excluding diaryl/α,β-unsaturated/α-hetero) is 1. The van der Waals surface area contributed by atoms with Gasteiger partial charge in [-0.05, 0) is 105 Å². The van der Waals surface area contributed by atoms with Crippen LogP contribution < -0.4 is 0 Å². The minimum absolute atomic E-state index is 0.122. The third-order valence-corrected chi connectivity index (χ3v) is 14.2. The number of methoxy groups -OCH3 is 1. The van der Waals surface area contributed by atoms with Gasteiger partial charge in [-0.1, -0.05) is 105 Å². The Labute approximate surface area is 387 Å². The van der Waals surface area contributed by atoms with Crippen molar-refractivity contribution < 1.29 is 29.0 Å². The molecule has 0 amide bonds. The number of ketones is 1. The highest BCUT2D eigenvalue weighted by atomic mass is 16.5. The van der Waals surface area contributed by atoms with Crippen molar-refractivity contribution in [1.82, 2.24) is 0 Å². The molecule has 8 bridgehead atoms. The summed E-state index contributed by atoms with van der Waals surface area (Å²) in [7, 11) is 1.28. The molecule has 5 aliphatic heterocycles. The standard InChI is InChI=1S/C55H72N4O6/c1-12-38-35(8)42-27-43-36(9)40(23-24-48(61)65-26-25-34(7)22-16-21-33(6)20-15-19-32(5)18-14-17-31(3)4)52(58-43)50-51(55(63)64-11)54(62)49-37(10)44(59-53(49)50)28-46-39(13-2)41(30-60)47(57-46)29-45(38)56-42/h12,25,27-29,31-33,36,40,51,60H,1,13-24,26,30H2,2-11H3. The largest absolute Gasteiger partial charge is 0.468 e. The van der Waals surface area contributed by atoms with Crippen LogP contribution >= 0.6 is 0 Å². The lowest BCUT2D eigenvalue weighted by molar-refractivity contribution is -0.146. The van der Waals surface area contributed by atoms with E-state index in [2.05, 4.69) is 48.1 Å². The number of ether oxygens (including phenoxy) is 2. The van der Waals surface area contributed by atoms with Crippen LogP contribution in [0.15, 0.2) is 124 Å². The summed E-state index contributed by atoms with van der Waals surface area (Å²) in [6.45, 7) is 23.5. The van der Waals surface area contributed by atoms with Gasteiger partial charge in [0, 0.05) is 46.3 Å². The molecule has 6 aliphatic rings. The second-order valence-corrected chi connectivity index (χ2v) is 19.4. The summed E-state index contributed by atoms with van der Waals surface area (Å²) in [5, 5.41) is 10.6. The highest BCUT2D eigenvalue weighted by Gasteiger charge is 2.51. The molecule has 0 saturated heterocycles. The number of nitrogens with zero attached hydrogens (tertiary/aromatic N) is 4. The Morgan fingerprint density at radius 2 is 1.49 bits per heavy atom. The van der Waals surface area contributed by atoms with Crippen LogP contribution in [0.4, 0.5) is 0 Å². The molecule has 0 radical (unpaired) electrons. The van der Waals surface area contributed by atoms with Crippen LogP contribution in [0.25, 0.3) is 0 Å². The quantitative estimate of drug-likeness (QED) is 0.0692. The average Bonchev–Trinajstić information content (AvgIpc) is 4.02. The van der Waals surface area contributed by atoms with Crippen LogP contribution in [0.2, 0.25) is 0 Å². The number of rotatable bonds is 21. The maximum atomic E-state index is 14.4. The Bertz CT molecular complexity index is 2350. The van der Waals surface area contributed by atoms with Gasteiger partial charge >= 0.3 is 11.9 Å². The van der Waals surface area contributed by atoms with E-state index in [9.17, 15) is 19.5 Å². The van der Waals surface area contributed by atoms with Crippen molar-refractivity contribution in [1.29, 1.82) is 0 Å². The molecule has 0 aromatic rings. The molecular weight excluding hydrogens is 813 g/mol. The van der Waals surface area contributed by atoms with Gasteiger partial charge in [-0.3, -0.25) is 19.4 Å². The Morgan fingerprint density at radius 3 is 2.14 bits per heavy atom. The number of hydrogen-bond acceptors (Lipinski definition) is 10. The highest BCUT2D eigenvalue weighted by Crippen LogP contribution is 2.47. The molecule has 5 unspecified atom stereocenters. The van der Waals surface area contributed by atoms with Gasteiger partial charge in [0.1, 0.15) is 12.5 Å². The second kappa shape index (κ2) is 21.9. The molecule has 1 aliphatic carbocycles. The normalized spacial score (nSPS) is 22.6. The summed E-state index contributed by atoms with van der Waals surface area (Å²) in [6.07, 6.45) is 21.8. The zero-order valence-electron chi connectivity index (χ0n) is 40.7. The molecule has 1 saturated carbocycles. The molecule has 5 heterocycles. The van der Waals surface area contributed by atoms with Crippen LogP contribution in [0.3, 0.4) is 0 Å². The van der Waals surface area contributed by atoms with Crippen molar-refractivity contribution in [3.8, 4) is 0 Å². The first-order chi connectivity index (χ1) is 31.1. The van der Waals surface area contributed by atoms with Crippen molar-refractivity contribution in [2.45, 2.75) is 139 Å². The fraction of sp³-hybridized carbons (Fsp3) is 0.545. The lowest BCUT2D eigenvalue weighted by Crippen LogP contribution is -2.25. The maximum Gasteiger partial charge on any atom is 0.321 e. The number of aliphatic hydroxyl groups excluding tert-OH is 1. The van der Waals surface area contributed by atoms with Crippen LogP contribution in [-0.4, -0.2) is 66.0 Å². The highest BCUT2D eigenvalue weighted by molar-refractivity contribution is 6.43. The van der Waals surface area contributed by atoms with Gasteiger partial charge in [0.15, 0.2) is 5.78 Å². The van der Waals surface area contributed by atoms with Gasteiger partial charge < -0.3 is 14.6 Å². The molecule has 10 heteroatoms. The Hall–Kier alpha value is -5.09. The molecule has 1 N–H and O–H groups in total. The van der Waals surface area contributed by atoms with Crippen molar-refractivity contribution in [2.24, 2.45) is 55.5 Å². The molecule has 6 rings (SSSR count). The van der Waals surface area contributed by atoms with Crippen molar-refractivity contribution in [3.63, 3.8) is 0 Å². The van der Waals surface area contributed by atoms with Gasteiger partial charge in [0.2, 0.25) is 0 Å². The molecule has 5 atom stereocenters. The van der Waals surface area contributed by atoms with Crippen LogP contribution in [0.5, 0.6) is 0 Å². The minimum atomic E-state index is -1.25. The molecule has 65 heavy (non-hydrogen) atoms. The zero-order chi connectivity index (χ0) is 47.1. The molecule has 10 nitrogen and oxygen atoms in total. The second-order valence-electron chi connectivity index (χ2n) is 19.4. The predicted molar refractivity (Wildman–Crippen MR) is 263 cm³/mol. The van der Waals surface area contributed by atoms with E-state index in [4.69, 9.17) is 29.4 Å². The summed E-state index contributed by atoms with van der Waals surface area (Å²) in [6, 6.07) is 0. The maximum absolute atomic E-state index is 14.4. The third-order valence-electron chi connectivity index (χ3n) is 14.2. The van der Waals surface area contributed by atoms with Gasteiger partial charge in [0.05, 0.1) is 53.6 Å². The SMILES string of the molecule is C=CC1=C(C)C2=CC3=NC(=C4C5=NC(=CC6=NC(=CC1=N2)C(CO)=C6CC)C(C)=C5C(=O)C4C(=O)OC)C(CCC(=O)OCC=C(C)CCCC(C)CCCC(C)CCCC(C)C)C3C. The van der Waals surface area contributed by atoms with Gasteiger partial charge in [0.25, 0.3) is 0 Å². The first-order valence-corrected chi connectivity index (χ1v) is 24.2. The van der Waals surface area contributed by atoms with Crippen LogP contribution in [0, 0.1) is 35.5 Å². The van der Waals surface area contributed by atoms with E-state index in [0.717, 1.165) is 41.4 Å². The zero-order valence-corrected chi connectivity index (χ0v) is 40.7. The molecule has 0 aromatic carbocycles. The monoisotopic (exact) mass is 885 g/mol. The lowest BCUT2D eigenvalue weighted by Gasteiger charge is -2.20. The van der Waals surface area contributed by atoms with Crippen molar-refractivity contribution >= 4 is 40.6 Å². The number of allylic oxidation sites excluding steroid dienone is 11. The first kappa shape index (κ1) is 49.3. The van der Waals surface area contributed by atoms with Gasteiger partial charge in [-0.15, -0.1) is 0 Å². The summed E-state index contributed by atoms with van der Waals surface area (Å²) >= 11 is 0. The minimum Gasteiger partial charge on any atom is -0.468 e. The van der Waals surface area contributed by atoms with Crippen LogP contribution in [0.1, 0.15) is 139 Å². The van der Waals surface area contributed by atoms with E-state index in [-0.39, 0.29) is 37.4 Å². The summed E-state index contributed by atoms with van der Waals surface area (Å²) < 4.78 is 11.0. The predicted octanol–water partition coefficient (Wildman–Crippen LogP) is 11.6. The number of carbonyl (C=O) groups excluding carboxylic acids is 3. The number of esters is 2. The van der Waals surface area contributed by atoms with E-state index >= 15 is 0 Å². The number of aliphatic imine (C=N–C) groups is 4. The molecule has 0 spiro atoms. The van der Waals surface area contributed by atoms with Crippen LogP contribution in [-0.2, 0) is 23.9 Å². The van der Waals surface area contributed by atoms with E-state index in [1.807, 2.05) is 45.1 Å². The summed E-state index contributed by atoms with van der Waals surface area (Å²) in [4.78, 5) is 61.7. The lowest BCUT2D eigenvalue weighted by atomic mass is 9.83. The van der Waals surface area contributed by atoms with Crippen molar-refractivity contribution in [3.05, 3.63) is 104 Å². The number of carbonyl (C=O) groups is 3. The van der Waals surface area contributed by atoms with E-state index < -0.39 is 17.7 Å². The van der Waals surface area contributed by atoms with Gasteiger partial charge in [-0.2, -0.15) is 0 Å². The molecule has 348 valence electrons. The first-order valence-electron chi connectivity index (χ1n) is 24.2. The Balaban J connectivity index is 1.21. The third kappa shape index (κ3) is 11.0. The number of aliphatic hydroxyl groups is 1. The van der Waals surface area contributed by atoms with Crippen molar-refractivity contribution in [2.75, 3.05) is 20.3 Å². The molecule has 0 aromatic heterocycles. The summed E-state index contributed by atoms with van der Waals surface area (Å²) in [5.74, 6) is -0.904. The fourth-order valence-electron chi connectivity index (χ4n) is 10.1. The van der Waals surface area contributed by atoms with Gasteiger partial charge in [-0.25, -0.2) is 15.0 Å². The number of fused-ring (bicyclic) bond motifs is 4. The Morgan fingerprint density at radius 1 is 0.846 bits per heavy atom. The topological polar surface area (TPSA) is 139 Å². The summed E-state index contributed by atoms with van der Waals surface area (Å²) in [5.41, 5.74) is 10.7. The fourth-order valence-corrected chi connectivity index (χ4v) is 10.1.